The molecule has 0 fully saturated rings. The van der Waals surface area contributed by atoms with E-state index in [1.807, 2.05) is 23.5 Å². The number of hydrogen-bond acceptors (Lipinski definition) is 3. The standard InChI is InChI=1S/C42H25NOS2Si/c1-4-14-32-28(11-1)29-12-2-5-15-33(29)43(32)26-23-38-42-39(24-26)46-37-18-8-10-20-41(37)47(42,40-19-9-7-17-36(40)45-38)27-21-22-35-31(25-27)30-13-3-6-16-34(30)44-35/h1-25H. The van der Waals surface area contributed by atoms with Gasteiger partial charge in [0.25, 0.3) is 0 Å². The van der Waals surface area contributed by atoms with Crippen LogP contribution < -0.4 is 20.7 Å². The Morgan fingerprint density at radius 2 is 0.979 bits per heavy atom. The molecule has 11 rings (SSSR count). The maximum absolute atomic E-state index is 6.34. The number of aromatic nitrogens is 1. The van der Waals surface area contributed by atoms with Crippen molar-refractivity contribution in [1.29, 1.82) is 0 Å². The molecule has 2 nitrogen and oxygen atoms in total. The third kappa shape index (κ3) is 3.43. The number of rotatable bonds is 2. The van der Waals surface area contributed by atoms with Crippen molar-refractivity contribution in [3.63, 3.8) is 0 Å². The molecule has 0 amide bonds. The van der Waals surface area contributed by atoms with Crippen molar-refractivity contribution in [3.8, 4) is 5.69 Å². The van der Waals surface area contributed by atoms with E-state index in [1.54, 1.807) is 0 Å². The van der Waals surface area contributed by atoms with E-state index in [2.05, 4.69) is 156 Å². The molecule has 0 N–H and O–H groups in total. The summed E-state index contributed by atoms with van der Waals surface area (Å²) in [5.74, 6) is 0. The largest absolute Gasteiger partial charge is 0.456 e. The Labute approximate surface area is 280 Å². The molecule has 9 aromatic rings. The first kappa shape index (κ1) is 26.2. The molecular weight excluding hydrogens is 627 g/mol. The van der Waals surface area contributed by atoms with Crippen LogP contribution in [0.2, 0.25) is 0 Å². The van der Waals surface area contributed by atoms with Crippen LogP contribution in [0.5, 0.6) is 0 Å². The van der Waals surface area contributed by atoms with Crippen molar-refractivity contribution >= 4 is 96.1 Å². The molecule has 2 aliphatic heterocycles. The second-order valence-electron chi connectivity index (χ2n) is 12.4. The molecule has 0 bridgehead atoms. The van der Waals surface area contributed by atoms with Crippen molar-refractivity contribution in [1.82, 2.24) is 4.57 Å². The minimum atomic E-state index is -2.74. The molecule has 0 saturated carbocycles. The van der Waals surface area contributed by atoms with Gasteiger partial charge in [0.1, 0.15) is 11.2 Å². The lowest BCUT2D eigenvalue weighted by atomic mass is 10.1. The molecule has 5 heteroatoms. The van der Waals surface area contributed by atoms with E-state index in [0.29, 0.717) is 0 Å². The summed E-state index contributed by atoms with van der Waals surface area (Å²) < 4.78 is 8.81. The molecule has 2 aromatic heterocycles. The smallest absolute Gasteiger partial charge is 0.184 e. The Balaban J connectivity index is 1.27. The highest BCUT2D eigenvalue weighted by atomic mass is 32.2. The van der Waals surface area contributed by atoms with Crippen LogP contribution in [0.15, 0.2) is 176 Å². The van der Waals surface area contributed by atoms with Gasteiger partial charge in [0.2, 0.25) is 0 Å². The zero-order valence-electron chi connectivity index (χ0n) is 25.1. The van der Waals surface area contributed by atoms with Crippen LogP contribution in [0, 0.1) is 0 Å². The van der Waals surface area contributed by atoms with E-state index in [-0.39, 0.29) is 0 Å². The normalized spacial score (nSPS) is 14.4. The second-order valence-corrected chi connectivity index (χ2v) is 18.3. The Morgan fingerprint density at radius 3 is 1.64 bits per heavy atom. The summed E-state index contributed by atoms with van der Waals surface area (Å²) in [6.45, 7) is 0. The molecular formula is C42H25NOS2Si. The number of para-hydroxylation sites is 3. The Morgan fingerprint density at radius 1 is 0.447 bits per heavy atom. The predicted octanol–water partition coefficient (Wildman–Crippen LogP) is 8.99. The molecule has 0 unspecified atom stereocenters. The maximum Gasteiger partial charge on any atom is 0.184 e. The third-order valence-corrected chi connectivity index (χ3v) is 18.0. The Bertz CT molecular complexity index is 2650. The van der Waals surface area contributed by atoms with Gasteiger partial charge in [-0.15, -0.1) is 0 Å². The maximum atomic E-state index is 6.34. The fourth-order valence-electron chi connectivity index (χ4n) is 8.23. The fraction of sp³-hybridized carbons (Fsp3) is 0. The summed E-state index contributed by atoms with van der Waals surface area (Å²) in [5, 5.41) is 10.8. The molecule has 2 aliphatic rings. The molecule has 0 aliphatic carbocycles. The number of furan rings is 1. The van der Waals surface area contributed by atoms with Crippen LogP contribution in [0.1, 0.15) is 0 Å². The van der Waals surface area contributed by atoms with Gasteiger partial charge in [-0.3, -0.25) is 0 Å². The first-order valence-electron chi connectivity index (χ1n) is 15.9. The average molecular weight is 652 g/mol. The summed E-state index contributed by atoms with van der Waals surface area (Å²) in [5.41, 5.74) is 5.58. The van der Waals surface area contributed by atoms with Crippen molar-refractivity contribution in [2.24, 2.45) is 0 Å². The number of fused-ring (bicyclic) bond motifs is 10. The van der Waals surface area contributed by atoms with E-state index < -0.39 is 8.07 Å². The van der Waals surface area contributed by atoms with Crippen LogP contribution in [0.4, 0.5) is 0 Å². The molecule has 4 heterocycles. The summed E-state index contributed by atoms with van der Waals surface area (Å²) in [6, 6.07) is 56.4. The van der Waals surface area contributed by atoms with Crippen molar-refractivity contribution in [3.05, 3.63) is 152 Å². The predicted molar refractivity (Wildman–Crippen MR) is 200 cm³/mol. The van der Waals surface area contributed by atoms with Crippen LogP contribution in [-0.2, 0) is 0 Å². The third-order valence-electron chi connectivity index (χ3n) is 10.1. The Hall–Kier alpha value is -4.94. The quantitative estimate of drug-likeness (QED) is 0.174. The van der Waals surface area contributed by atoms with Crippen LogP contribution >= 0.6 is 23.5 Å². The van der Waals surface area contributed by atoms with E-state index >= 15 is 0 Å². The zero-order valence-corrected chi connectivity index (χ0v) is 27.7. The lowest BCUT2D eigenvalue weighted by Gasteiger charge is -2.44. The summed E-state index contributed by atoms with van der Waals surface area (Å²) in [4.78, 5) is 5.44. The van der Waals surface area contributed by atoms with E-state index in [1.165, 1.54) is 78.6 Å². The number of nitrogens with zero attached hydrogens (tertiary/aromatic N) is 1. The molecule has 220 valence electrons. The van der Waals surface area contributed by atoms with Gasteiger partial charge in [-0.25, -0.2) is 0 Å². The van der Waals surface area contributed by atoms with Gasteiger partial charge in [0.05, 0.1) is 11.0 Å². The van der Waals surface area contributed by atoms with E-state index in [0.717, 1.165) is 11.2 Å². The highest BCUT2D eigenvalue weighted by Crippen LogP contribution is 2.44. The minimum absolute atomic E-state index is 0.940. The van der Waals surface area contributed by atoms with E-state index in [4.69, 9.17) is 4.42 Å². The number of benzene rings is 7. The molecule has 7 aromatic carbocycles. The van der Waals surface area contributed by atoms with Gasteiger partial charge in [0, 0.05) is 46.8 Å². The average Bonchev–Trinajstić information content (AvgIpc) is 3.67. The van der Waals surface area contributed by atoms with Crippen molar-refractivity contribution in [2.75, 3.05) is 0 Å². The van der Waals surface area contributed by atoms with Gasteiger partial charge >= 0.3 is 0 Å². The first-order chi connectivity index (χ1) is 23.3. The minimum Gasteiger partial charge on any atom is -0.456 e. The summed E-state index contributed by atoms with van der Waals surface area (Å²) in [7, 11) is -2.74. The van der Waals surface area contributed by atoms with Gasteiger partial charge in [-0.05, 0) is 69.3 Å². The van der Waals surface area contributed by atoms with Crippen LogP contribution in [-0.4, -0.2) is 12.6 Å². The lowest BCUT2D eigenvalue weighted by Crippen LogP contribution is -2.78. The monoisotopic (exact) mass is 651 g/mol. The van der Waals surface area contributed by atoms with Gasteiger partial charge < -0.3 is 8.98 Å². The van der Waals surface area contributed by atoms with Gasteiger partial charge in [-0.1, -0.05) is 127 Å². The highest BCUT2D eigenvalue weighted by Gasteiger charge is 2.51. The number of hydrogen-bond donors (Lipinski definition) is 0. The second kappa shape index (κ2) is 9.55. The highest BCUT2D eigenvalue weighted by molar-refractivity contribution is 8.01. The summed E-state index contributed by atoms with van der Waals surface area (Å²) in [6.07, 6.45) is 0. The molecule has 0 atom stereocenters. The van der Waals surface area contributed by atoms with Crippen molar-refractivity contribution < 1.29 is 4.42 Å². The lowest BCUT2D eigenvalue weighted by molar-refractivity contribution is 0.669. The first-order valence-corrected chi connectivity index (χ1v) is 19.6. The molecule has 0 spiro atoms. The van der Waals surface area contributed by atoms with Crippen LogP contribution in [0.25, 0.3) is 49.4 Å². The molecule has 47 heavy (non-hydrogen) atoms. The topological polar surface area (TPSA) is 18.1 Å². The van der Waals surface area contributed by atoms with Crippen molar-refractivity contribution in [2.45, 2.75) is 19.6 Å². The van der Waals surface area contributed by atoms with Gasteiger partial charge in [-0.2, -0.15) is 0 Å². The van der Waals surface area contributed by atoms with Crippen LogP contribution in [0.3, 0.4) is 0 Å². The SMILES string of the molecule is c1ccc2c(c1)Sc1cc(-n3c4ccccc4c4ccccc43)cc3c1[Si]2(c1ccc2oc4ccccc4c2c1)c1ccccc1S3. The van der Waals surface area contributed by atoms with Gasteiger partial charge in [0.15, 0.2) is 8.07 Å². The Kier molecular flexibility index (Phi) is 5.32. The fourth-order valence-corrected chi connectivity index (χ4v) is 17.6. The zero-order chi connectivity index (χ0) is 30.7. The summed E-state index contributed by atoms with van der Waals surface area (Å²) >= 11 is 3.87. The molecule has 0 saturated heterocycles. The molecule has 0 radical (unpaired) electrons. The van der Waals surface area contributed by atoms with E-state index in [9.17, 15) is 0 Å².